The molecule has 0 saturated carbocycles. The minimum atomic E-state index is -0.826. The highest BCUT2D eigenvalue weighted by atomic mass is 16.5. The Kier molecular flexibility index (Phi) is 5.16. The SMILES string of the molecule is COc1ccc(CN(C)[C@H](C)C(=O)O)cc1Cn1cccn1. The van der Waals surface area contributed by atoms with Crippen LogP contribution in [0.5, 0.6) is 5.75 Å². The first-order valence-electron chi connectivity index (χ1n) is 7.07. The van der Waals surface area contributed by atoms with Gasteiger partial charge in [0.15, 0.2) is 0 Å². The highest BCUT2D eigenvalue weighted by molar-refractivity contribution is 5.72. The minimum Gasteiger partial charge on any atom is -0.496 e. The number of ether oxygens (including phenoxy) is 1. The average Bonchev–Trinajstić information content (AvgIpc) is 2.99. The highest BCUT2D eigenvalue weighted by Gasteiger charge is 2.17. The predicted octanol–water partition coefficient (Wildman–Crippen LogP) is 1.84. The van der Waals surface area contributed by atoms with Gasteiger partial charge in [-0.2, -0.15) is 5.10 Å². The topological polar surface area (TPSA) is 67.6 Å². The molecule has 0 amide bonds. The predicted molar refractivity (Wildman–Crippen MR) is 82.9 cm³/mol. The van der Waals surface area contributed by atoms with Crippen molar-refractivity contribution in [2.75, 3.05) is 14.2 Å². The van der Waals surface area contributed by atoms with Crippen LogP contribution in [0.15, 0.2) is 36.7 Å². The Balaban J connectivity index is 2.17. The number of aliphatic carboxylic acids is 1. The quantitative estimate of drug-likeness (QED) is 0.845. The average molecular weight is 303 g/mol. The summed E-state index contributed by atoms with van der Waals surface area (Å²) < 4.78 is 7.22. The fraction of sp³-hybridized carbons (Fsp3) is 0.375. The molecule has 0 saturated heterocycles. The van der Waals surface area contributed by atoms with E-state index in [1.807, 2.05) is 35.1 Å². The molecule has 118 valence electrons. The third-order valence-electron chi connectivity index (χ3n) is 3.69. The maximum absolute atomic E-state index is 11.0. The monoisotopic (exact) mass is 303 g/mol. The number of carbonyl (C=O) groups is 1. The molecule has 0 spiro atoms. The van der Waals surface area contributed by atoms with E-state index in [4.69, 9.17) is 9.84 Å². The first-order valence-corrected chi connectivity index (χ1v) is 7.07. The van der Waals surface area contributed by atoms with Gasteiger partial charge in [0, 0.05) is 24.5 Å². The number of aromatic nitrogens is 2. The normalized spacial score (nSPS) is 12.4. The number of benzene rings is 1. The highest BCUT2D eigenvalue weighted by Crippen LogP contribution is 2.22. The van der Waals surface area contributed by atoms with Gasteiger partial charge >= 0.3 is 5.97 Å². The fourth-order valence-corrected chi connectivity index (χ4v) is 2.24. The number of hydrogen-bond acceptors (Lipinski definition) is 4. The lowest BCUT2D eigenvalue weighted by Crippen LogP contribution is -2.35. The molecule has 6 nitrogen and oxygen atoms in total. The molecule has 22 heavy (non-hydrogen) atoms. The van der Waals surface area contributed by atoms with E-state index < -0.39 is 12.0 Å². The van der Waals surface area contributed by atoms with E-state index in [0.717, 1.165) is 16.9 Å². The van der Waals surface area contributed by atoms with Crippen LogP contribution in [-0.4, -0.2) is 46.0 Å². The van der Waals surface area contributed by atoms with Crippen molar-refractivity contribution >= 4 is 5.97 Å². The van der Waals surface area contributed by atoms with E-state index in [1.54, 1.807) is 32.2 Å². The molecule has 0 radical (unpaired) electrons. The van der Waals surface area contributed by atoms with Crippen LogP contribution in [0.4, 0.5) is 0 Å². The third kappa shape index (κ3) is 3.85. The molecule has 0 aliphatic heterocycles. The largest absolute Gasteiger partial charge is 0.496 e. The molecule has 1 aromatic carbocycles. The second kappa shape index (κ2) is 7.09. The second-order valence-electron chi connectivity index (χ2n) is 5.28. The zero-order valence-corrected chi connectivity index (χ0v) is 13.1. The van der Waals surface area contributed by atoms with Crippen LogP contribution in [0.1, 0.15) is 18.1 Å². The van der Waals surface area contributed by atoms with Gasteiger partial charge in [0.25, 0.3) is 0 Å². The van der Waals surface area contributed by atoms with Crippen molar-refractivity contribution in [3.63, 3.8) is 0 Å². The third-order valence-corrected chi connectivity index (χ3v) is 3.69. The van der Waals surface area contributed by atoms with Gasteiger partial charge in [-0.3, -0.25) is 14.4 Å². The molecule has 0 unspecified atom stereocenters. The summed E-state index contributed by atoms with van der Waals surface area (Å²) in [5, 5.41) is 13.3. The molecule has 6 heteroatoms. The van der Waals surface area contributed by atoms with Gasteiger partial charge in [-0.05, 0) is 37.7 Å². The van der Waals surface area contributed by atoms with E-state index in [-0.39, 0.29) is 0 Å². The second-order valence-corrected chi connectivity index (χ2v) is 5.28. The number of hydrogen-bond donors (Lipinski definition) is 1. The van der Waals surface area contributed by atoms with Crippen LogP contribution >= 0.6 is 0 Å². The van der Waals surface area contributed by atoms with Crippen molar-refractivity contribution in [2.45, 2.75) is 26.1 Å². The Bertz CT molecular complexity index is 626. The Morgan fingerprint density at radius 2 is 2.27 bits per heavy atom. The first-order chi connectivity index (χ1) is 10.5. The number of rotatable bonds is 7. The van der Waals surface area contributed by atoms with Gasteiger partial charge in [-0.15, -0.1) is 0 Å². The lowest BCUT2D eigenvalue weighted by molar-refractivity contribution is -0.142. The Labute approximate surface area is 129 Å². The summed E-state index contributed by atoms with van der Waals surface area (Å²) in [7, 11) is 3.44. The summed E-state index contributed by atoms with van der Waals surface area (Å²) in [4.78, 5) is 12.8. The van der Waals surface area contributed by atoms with Gasteiger partial charge < -0.3 is 9.84 Å². The zero-order valence-electron chi connectivity index (χ0n) is 13.1. The van der Waals surface area contributed by atoms with Crippen molar-refractivity contribution in [2.24, 2.45) is 0 Å². The molecule has 0 bridgehead atoms. The van der Waals surface area contributed by atoms with Crippen LogP contribution in [0, 0.1) is 0 Å². The van der Waals surface area contributed by atoms with Gasteiger partial charge in [-0.1, -0.05) is 6.07 Å². The molecule has 1 aromatic heterocycles. The molecule has 0 fully saturated rings. The van der Waals surface area contributed by atoms with E-state index in [1.165, 1.54) is 0 Å². The molecule has 2 aromatic rings. The summed E-state index contributed by atoms with van der Waals surface area (Å²) >= 11 is 0. The summed E-state index contributed by atoms with van der Waals surface area (Å²) in [6, 6.07) is 7.24. The maximum Gasteiger partial charge on any atom is 0.320 e. The van der Waals surface area contributed by atoms with Crippen LogP contribution < -0.4 is 4.74 Å². The molecule has 2 rings (SSSR count). The summed E-state index contributed by atoms with van der Waals surface area (Å²) in [5.74, 6) is -0.0269. The summed E-state index contributed by atoms with van der Waals surface area (Å²) in [6.45, 7) is 2.85. The number of likely N-dealkylation sites (N-methyl/N-ethyl adjacent to an activating group) is 1. The van der Waals surface area contributed by atoms with Gasteiger partial charge in [0.1, 0.15) is 11.8 Å². The number of nitrogens with zero attached hydrogens (tertiary/aromatic N) is 3. The molecular weight excluding hydrogens is 282 g/mol. The van der Waals surface area contributed by atoms with Crippen molar-refractivity contribution in [1.29, 1.82) is 0 Å². The van der Waals surface area contributed by atoms with Crippen LogP contribution in [-0.2, 0) is 17.9 Å². The fourth-order valence-electron chi connectivity index (χ4n) is 2.24. The Hall–Kier alpha value is -2.34. The van der Waals surface area contributed by atoms with Gasteiger partial charge in [0.05, 0.1) is 13.7 Å². The molecule has 1 heterocycles. The summed E-state index contributed by atoms with van der Waals surface area (Å²) in [5.41, 5.74) is 2.05. The van der Waals surface area contributed by atoms with E-state index in [2.05, 4.69) is 5.10 Å². The smallest absolute Gasteiger partial charge is 0.320 e. The van der Waals surface area contributed by atoms with Crippen molar-refractivity contribution in [3.8, 4) is 5.75 Å². The molecule has 1 atom stereocenters. The lowest BCUT2D eigenvalue weighted by atomic mass is 10.1. The summed E-state index contributed by atoms with van der Waals surface area (Å²) in [6.07, 6.45) is 3.63. The van der Waals surface area contributed by atoms with Gasteiger partial charge in [0.2, 0.25) is 0 Å². The van der Waals surface area contributed by atoms with Gasteiger partial charge in [-0.25, -0.2) is 0 Å². The molecule has 1 N–H and O–H groups in total. The van der Waals surface area contributed by atoms with Crippen molar-refractivity contribution in [3.05, 3.63) is 47.8 Å². The minimum absolute atomic E-state index is 0.531. The molecule has 0 aliphatic rings. The van der Waals surface area contributed by atoms with E-state index >= 15 is 0 Å². The first kappa shape index (κ1) is 16.0. The van der Waals surface area contributed by atoms with Crippen molar-refractivity contribution in [1.82, 2.24) is 14.7 Å². The lowest BCUT2D eigenvalue weighted by Gasteiger charge is -2.21. The molecular formula is C16H21N3O3. The Morgan fingerprint density at radius 3 is 2.86 bits per heavy atom. The number of methoxy groups -OCH3 is 1. The maximum atomic E-state index is 11.0. The van der Waals surface area contributed by atoms with Crippen LogP contribution in [0.2, 0.25) is 0 Å². The number of carboxylic acids is 1. The standard InChI is InChI=1S/C16H21N3O3/c1-12(16(20)21)18(2)10-13-5-6-15(22-3)14(9-13)11-19-8-4-7-17-19/h4-9,12H,10-11H2,1-3H3,(H,20,21)/t12-/m1/s1. The van der Waals surface area contributed by atoms with Crippen LogP contribution in [0.25, 0.3) is 0 Å². The molecule has 0 aliphatic carbocycles. The van der Waals surface area contributed by atoms with E-state index in [9.17, 15) is 4.79 Å². The number of carboxylic acid groups (broad SMARTS) is 1. The van der Waals surface area contributed by atoms with Crippen LogP contribution in [0.3, 0.4) is 0 Å². The Morgan fingerprint density at radius 1 is 1.50 bits per heavy atom. The van der Waals surface area contributed by atoms with E-state index in [0.29, 0.717) is 13.1 Å². The van der Waals surface area contributed by atoms with Crippen molar-refractivity contribution < 1.29 is 14.6 Å². The zero-order chi connectivity index (χ0) is 16.1.